The number of benzene rings is 4. The highest BCUT2D eigenvalue weighted by Crippen LogP contribution is 2.37. The zero-order chi connectivity index (χ0) is 20.8. The Labute approximate surface area is 160 Å². The first-order chi connectivity index (χ1) is 13.2. The molecule has 0 aromatic heterocycles. The number of hydrogen-bond donors (Lipinski definition) is 4. The van der Waals surface area contributed by atoms with Crippen LogP contribution in [0.1, 0.15) is 13.8 Å². The monoisotopic (exact) mass is 380 g/mol. The molecule has 0 heterocycles. The second-order valence-electron chi connectivity index (χ2n) is 6.05. The van der Waals surface area contributed by atoms with Gasteiger partial charge >= 0.3 is 0 Å². The third-order valence-corrected chi connectivity index (χ3v) is 3.83. The van der Waals surface area contributed by atoms with Crippen molar-refractivity contribution in [2.24, 2.45) is 0 Å². The van der Waals surface area contributed by atoms with Crippen LogP contribution in [0.3, 0.4) is 0 Å². The molecule has 0 saturated carbocycles. The van der Waals surface area contributed by atoms with Gasteiger partial charge in [-0.2, -0.15) is 0 Å². The molecule has 0 atom stereocenters. The summed E-state index contributed by atoms with van der Waals surface area (Å²) in [6, 6.07) is 19.7. The first kappa shape index (κ1) is 20.5. The Bertz CT molecular complexity index is 1140. The zero-order valence-electron chi connectivity index (χ0n) is 15.4. The summed E-state index contributed by atoms with van der Waals surface area (Å²) in [4.78, 5) is 18.0. The quantitative estimate of drug-likeness (QED) is 0.199. The van der Waals surface area contributed by atoms with Crippen molar-refractivity contribution in [1.82, 2.24) is 0 Å². The predicted molar refractivity (Wildman–Crippen MR) is 109 cm³/mol. The van der Waals surface area contributed by atoms with Crippen LogP contribution in [0, 0.1) is 0 Å². The number of fused-ring (bicyclic) bond motifs is 4. The first-order valence-corrected chi connectivity index (χ1v) is 8.36. The highest BCUT2D eigenvalue weighted by Gasteiger charge is 2.08. The lowest BCUT2D eigenvalue weighted by Crippen LogP contribution is -1.81. The SMILES string of the molecule is CC(=O)O.CC(=O)O.Oc1ccc2c(ccc3cc4ccccc4cc32)c1O. The normalized spacial score (nSPS) is 9.93. The Balaban J connectivity index is 0.000000302. The number of phenols is 2. The third kappa shape index (κ3) is 4.88. The van der Waals surface area contributed by atoms with Gasteiger partial charge in [0, 0.05) is 19.2 Å². The molecule has 144 valence electrons. The topological polar surface area (TPSA) is 115 Å². The van der Waals surface area contributed by atoms with Crippen molar-refractivity contribution in [3.8, 4) is 11.5 Å². The molecule has 4 rings (SSSR count). The van der Waals surface area contributed by atoms with Crippen LogP contribution >= 0.6 is 0 Å². The van der Waals surface area contributed by atoms with E-state index in [1.165, 1.54) is 16.8 Å². The zero-order valence-corrected chi connectivity index (χ0v) is 15.4. The minimum absolute atomic E-state index is 0.0578. The summed E-state index contributed by atoms with van der Waals surface area (Å²) in [5, 5.41) is 40.6. The molecule has 6 heteroatoms. The Morgan fingerprint density at radius 3 is 1.71 bits per heavy atom. The summed E-state index contributed by atoms with van der Waals surface area (Å²) in [7, 11) is 0. The molecule has 0 aliphatic heterocycles. The van der Waals surface area contributed by atoms with E-state index in [0.717, 1.165) is 30.0 Å². The molecule has 0 radical (unpaired) electrons. The molecule has 28 heavy (non-hydrogen) atoms. The number of carbonyl (C=O) groups is 2. The van der Waals surface area contributed by atoms with E-state index in [2.05, 4.69) is 24.3 Å². The molecule has 4 N–H and O–H groups in total. The molecule has 0 saturated heterocycles. The first-order valence-electron chi connectivity index (χ1n) is 8.36. The van der Waals surface area contributed by atoms with Crippen LogP contribution in [0.15, 0.2) is 60.7 Å². The molecule has 0 amide bonds. The number of carboxylic acid groups (broad SMARTS) is 2. The molecular formula is C22H20O6. The standard InChI is InChI=1S/C18H12O2.2C2H4O2/c19-17-8-7-14-15(18(17)20)6-5-13-9-11-3-1-2-4-12(11)10-16(13)14;2*1-2(3)4/h1-10,19-20H;2*1H3,(H,3,4). The summed E-state index contributed by atoms with van der Waals surface area (Å²) < 4.78 is 0. The fraction of sp³-hybridized carbons (Fsp3) is 0.0909. The molecule has 0 aliphatic carbocycles. The van der Waals surface area contributed by atoms with Crippen molar-refractivity contribution in [3.05, 3.63) is 60.7 Å². The van der Waals surface area contributed by atoms with Gasteiger partial charge in [0.2, 0.25) is 0 Å². The number of aliphatic carboxylic acids is 2. The molecule has 6 nitrogen and oxygen atoms in total. The van der Waals surface area contributed by atoms with Gasteiger partial charge in [0.1, 0.15) is 0 Å². The summed E-state index contributed by atoms with van der Waals surface area (Å²) >= 11 is 0. The van der Waals surface area contributed by atoms with Gasteiger partial charge in [0.15, 0.2) is 11.5 Å². The predicted octanol–water partition coefficient (Wildman–Crippen LogP) is 4.74. The van der Waals surface area contributed by atoms with Gasteiger partial charge in [0.25, 0.3) is 11.9 Å². The molecule has 0 bridgehead atoms. The van der Waals surface area contributed by atoms with Gasteiger partial charge in [-0.05, 0) is 57.3 Å². The Kier molecular flexibility index (Phi) is 6.39. The maximum atomic E-state index is 9.98. The van der Waals surface area contributed by atoms with Gasteiger partial charge in [-0.1, -0.05) is 30.3 Å². The number of phenolic OH excluding ortho intramolecular Hbond substituents is 2. The Hall–Kier alpha value is -3.80. The van der Waals surface area contributed by atoms with Crippen molar-refractivity contribution < 1.29 is 30.0 Å². The van der Waals surface area contributed by atoms with E-state index in [-0.39, 0.29) is 11.5 Å². The van der Waals surface area contributed by atoms with Gasteiger partial charge in [0.05, 0.1) is 0 Å². The van der Waals surface area contributed by atoms with Gasteiger partial charge in [-0.3, -0.25) is 9.59 Å². The van der Waals surface area contributed by atoms with Crippen LogP contribution in [-0.4, -0.2) is 32.4 Å². The van der Waals surface area contributed by atoms with Gasteiger partial charge in [-0.15, -0.1) is 0 Å². The van der Waals surface area contributed by atoms with Gasteiger partial charge in [-0.25, -0.2) is 0 Å². The summed E-state index contributed by atoms with van der Waals surface area (Å²) in [6.45, 7) is 2.17. The lowest BCUT2D eigenvalue weighted by molar-refractivity contribution is -0.135. The largest absolute Gasteiger partial charge is 0.504 e. The average molecular weight is 380 g/mol. The average Bonchev–Trinajstić information content (AvgIpc) is 2.62. The maximum Gasteiger partial charge on any atom is 0.300 e. The second kappa shape index (κ2) is 8.73. The van der Waals surface area contributed by atoms with Crippen molar-refractivity contribution in [1.29, 1.82) is 0 Å². The highest BCUT2D eigenvalue weighted by molar-refractivity contribution is 6.13. The minimum atomic E-state index is -0.833. The van der Waals surface area contributed by atoms with E-state index in [9.17, 15) is 10.2 Å². The number of aromatic hydroxyl groups is 2. The molecular weight excluding hydrogens is 360 g/mol. The summed E-state index contributed by atoms with van der Waals surface area (Å²) in [5.74, 6) is -1.81. The summed E-state index contributed by atoms with van der Waals surface area (Å²) in [6.07, 6.45) is 0. The van der Waals surface area contributed by atoms with Crippen LogP contribution < -0.4 is 0 Å². The molecule has 0 fully saturated rings. The molecule has 4 aromatic carbocycles. The van der Waals surface area contributed by atoms with Crippen molar-refractivity contribution in [2.45, 2.75) is 13.8 Å². The van der Waals surface area contributed by atoms with E-state index < -0.39 is 11.9 Å². The van der Waals surface area contributed by atoms with E-state index >= 15 is 0 Å². The number of hydrogen-bond acceptors (Lipinski definition) is 4. The van der Waals surface area contributed by atoms with Crippen LogP contribution in [0.25, 0.3) is 32.3 Å². The fourth-order valence-corrected chi connectivity index (χ4v) is 2.80. The van der Waals surface area contributed by atoms with Crippen molar-refractivity contribution in [3.63, 3.8) is 0 Å². The fourth-order valence-electron chi connectivity index (χ4n) is 2.80. The third-order valence-electron chi connectivity index (χ3n) is 3.83. The number of rotatable bonds is 0. The lowest BCUT2D eigenvalue weighted by Gasteiger charge is -2.08. The molecule has 4 aromatic rings. The molecule has 0 spiro atoms. The van der Waals surface area contributed by atoms with Gasteiger partial charge < -0.3 is 20.4 Å². The maximum absolute atomic E-state index is 9.98. The van der Waals surface area contributed by atoms with Crippen molar-refractivity contribution in [2.75, 3.05) is 0 Å². The smallest absolute Gasteiger partial charge is 0.300 e. The Morgan fingerprint density at radius 2 is 1.14 bits per heavy atom. The van der Waals surface area contributed by atoms with Crippen LogP contribution in [0.5, 0.6) is 11.5 Å². The van der Waals surface area contributed by atoms with E-state index in [1.807, 2.05) is 30.3 Å². The highest BCUT2D eigenvalue weighted by atomic mass is 16.4. The van der Waals surface area contributed by atoms with E-state index in [0.29, 0.717) is 5.39 Å². The van der Waals surface area contributed by atoms with Crippen LogP contribution in [0.4, 0.5) is 0 Å². The minimum Gasteiger partial charge on any atom is -0.504 e. The van der Waals surface area contributed by atoms with E-state index in [4.69, 9.17) is 19.8 Å². The Morgan fingerprint density at radius 1 is 0.643 bits per heavy atom. The molecule has 0 aliphatic rings. The van der Waals surface area contributed by atoms with E-state index in [1.54, 1.807) is 0 Å². The molecule has 0 unspecified atom stereocenters. The van der Waals surface area contributed by atoms with Crippen molar-refractivity contribution >= 4 is 44.3 Å². The second-order valence-corrected chi connectivity index (χ2v) is 6.05. The van der Waals surface area contributed by atoms with Crippen LogP contribution in [-0.2, 0) is 9.59 Å². The summed E-state index contributed by atoms with van der Waals surface area (Å²) in [5.41, 5.74) is 0. The van der Waals surface area contributed by atoms with Crippen LogP contribution in [0.2, 0.25) is 0 Å². The number of carboxylic acids is 2. The lowest BCUT2D eigenvalue weighted by atomic mass is 9.98.